The van der Waals surface area contributed by atoms with Crippen molar-refractivity contribution in [3.8, 4) is 0 Å². The van der Waals surface area contributed by atoms with Crippen molar-refractivity contribution in [3.63, 3.8) is 0 Å². The van der Waals surface area contributed by atoms with Gasteiger partial charge in [-0.1, -0.05) is 36.6 Å². The molecule has 1 heterocycles. The first-order chi connectivity index (χ1) is 11.2. The fourth-order valence-electron chi connectivity index (χ4n) is 4.40. The maximum Gasteiger partial charge on any atom is 0.233 e. The summed E-state index contributed by atoms with van der Waals surface area (Å²) in [6.07, 6.45) is 6.51. The monoisotopic (exact) mass is 334 g/mol. The molecule has 3 rings (SSSR count). The van der Waals surface area contributed by atoms with Gasteiger partial charge in [-0.3, -0.25) is 4.79 Å². The molecule has 0 aromatic heterocycles. The zero-order valence-electron chi connectivity index (χ0n) is 14.0. The number of benzene rings is 1. The molecule has 1 aromatic carbocycles. The number of hydrogen-bond acceptors (Lipinski definition) is 2. The molecule has 4 heteroatoms. The first kappa shape index (κ1) is 16.8. The van der Waals surface area contributed by atoms with Crippen LogP contribution in [-0.2, 0) is 10.2 Å². The van der Waals surface area contributed by atoms with E-state index in [-0.39, 0.29) is 5.41 Å². The average molecular weight is 335 g/mol. The van der Waals surface area contributed by atoms with Crippen LogP contribution < -0.4 is 5.32 Å². The van der Waals surface area contributed by atoms with E-state index >= 15 is 0 Å². The van der Waals surface area contributed by atoms with Gasteiger partial charge in [-0.15, -0.1) is 0 Å². The van der Waals surface area contributed by atoms with Crippen LogP contribution in [0.3, 0.4) is 0 Å². The molecule has 2 aliphatic rings. The molecule has 1 aliphatic heterocycles. The molecular formula is C19H27ClN2O. The van der Waals surface area contributed by atoms with Gasteiger partial charge in [0, 0.05) is 18.1 Å². The Hall–Kier alpha value is -1.06. The first-order valence-corrected chi connectivity index (χ1v) is 9.23. The van der Waals surface area contributed by atoms with Crippen LogP contribution in [0.4, 0.5) is 0 Å². The van der Waals surface area contributed by atoms with E-state index in [1.54, 1.807) is 0 Å². The molecule has 2 fully saturated rings. The van der Waals surface area contributed by atoms with Crippen molar-refractivity contribution < 1.29 is 4.79 Å². The Morgan fingerprint density at radius 2 is 2.13 bits per heavy atom. The number of rotatable bonds is 4. The standard InChI is InChI=1S/C19H27ClN2O/c1-21-13-15-6-5-11-22(14-15)18(23)19(9-2-3-10-19)16-7-4-8-17(20)12-16/h4,7-8,12,15,21H,2-3,5-6,9-11,13-14H2,1H3. The summed E-state index contributed by atoms with van der Waals surface area (Å²) in [7, 11) is 1.99. The second-order valence-electron chi connectivity index (χ2n) is 7.12. The highest BCUT2D eigenvalue weighted by Gasteiger charge is 2.45. The highest BCUT2D eigenvalue weighted by atomic mass is 35.5. The Bertz CT molecular complexity index is 552. The predicted octanol–water partition coefficient (Wildman–Crippen LogP) is 3.61. The predicted molar refractivity (Wildman–Crippen MR) is 94.8 cm³/mol. The van der Waals surface area contributed by atoms with E-state index in [0.717, 1.165) is 62.3 Å². The normalized spacial score (nSPS) is 23.9. The van der Waals surface area contributed by atoms with Gasteiger partial charge in [0.25, 0.3) is 0 Å². The van der Waals surface area contributed by atoms with Crippen molar-refractivity contribution >= 4 is 17.5 Å². The summed E-state index contributed by atoms with van der Waals surface area (Å²) in [4.78, 5) is 15.6. The smallest absolute Gasteiger partial charge is 0.233 e. The van der Waals surface area contributed by atoms with E-state index < -0.39 is 0 Å². The number of hydrogen-bond donors (Lipinski definition) is 1. The van der Waals surface area contributed by atoms with Crippen LogP contribution in [0.25, 0.3) is 0 Å². The van der Waals surface area contributed by atoms with Crippen molar-refractivity contribution in [3.05, 3.63) is 34.9 Å². The van der Waals surface area contributed by atoms with Crippen molar-refractivity contribution in [1.29, 1.82) is 0 Å². The molecule has 1 atom stereocenters. The van der Waals surface area contributed by atoms with Crippen molar-refractivity contribution in [2.75, 3.05) is 26.7 Å². The Morgan fingerprint density at radius 3 is 2.83 bits per heavy atom. The van der Waals surface area contributed by atoms with Gasteiger partial charge in [-0.05, 0) is 62.9 Å². The Kier molecular flexibility index (Phi) is 5.27. The van der Waals surface area contributed by atoms with Gasteiger partial charge in [-0.25, -0.2) is 0 Å². The van der Waals surface area contributed by atoms with Crippen LogP contribution >= 0.6 is 11.6 Å². The molecule has 23 heavy (non-hydrogen) atoms. The lowest BCUT2D eigenvalue weighted by Gasteiger charge is -2.39. The Morgan fingerprint density at radius 1 is 1.35 bits per heavy atom. The number of piperidine rings is 1. The highest BCUT2D eigenvalue weighted by Crippen LogP contribution is 2.43. The number of likely N-dealkylation sites (tertiary alicyclic amines) is 1. The van der Waals surface area contributed by atoms with Crippen LogP contribution in [0.2, 0.25) is 5.02 Å². The molecule has 1 amide bonds. The molecule has 1 saturated heterocycles. The van der Waals surface area contributed by atoms with Crippen molar-refractivity contribution in [1.82, 2.24) is 10.2 Å². The molecule has 126 valence electrons. The van der Waals surface area contributed by atoms with E-state index in [1.807, 2.05) is 25.2 Å². The van der Waals surface area contributed by atoms with E-state index in [9.17, 15) is 4.79 Å². The van der Waals surface area contributed by atoms with Gasteiger partial charge in [-0.2, -0.15) is 0 Å². The summed E-state index contributed by atoms with van der Waals surface area (Å²) >= 11 is 6.21. The highest BCUT2D eigenvalue weighted by molar-refractivity contribution is 6.30. The lowest BCUT2D eigenvalue weighted by Crippen LogP contribution is -2.50. The van der Waals surface area contributed by atoms with Crippen LogP contribution in [-0.4, -0.2) is 37.5 Å². The third-order valence-electron chi connectivity index (χ3n) is 5.54. The maximum atomic E-state index is 13.4. The summed E-state index contributed by atoms with van der Waals surface area (Å²) in [6.45, 7) is 2.79. The van der Waals surface area contributed by atoms with Gasteiger partial charge in [0.05, 0.1) is 5.41 Å². The third-order valence-corrected chi connectivity index (χ3v) is 5.78. The molecule has 0 spiro atoms. The lowest BCUT2D eigenvalue weighted by atomic mass is 9.77. The fraction of sp³-hybridized carbons (Fsp3) is 0.632. The number of nitrogens with zero attached hydrogens (tertiary/aromatic N) is 1. The lowest BCUT2D eigenvalue weighted by molar-refractivity contribution is -0.139. The number of nitrogens with one attached hydrogen (secondary N) is 1. The van der Waals surface area contributed by atoms with Crippen LogP contribution in [0, 0.1) is 5.92 Å². The third kappa shape index (κ3) is 3.41. The first-order valence-electron chi connectivity index (χ1n) is 8.86. The second kappa shape index (κ2) is 7.23. The molecule has 1 N–H and O–H groups in total. The number of carbonyl (C=O) groups is 1. The largest absolute Gasteiger partial charge is 0.342 e. The Labute approximate surface area is 144 Å². The van der Waals surface area contributed by atoms with Crippen molar-refractivity contribution in [2.45, 2.75) is 43.9 Å². The molecule has 0 bridgehead atoms. The molecule has 1 saturated carbocycles. The summed E-state index contributed by atoms with van der Waals surface area (Å²) in [5, 5.41) is 3.99. The van der Waals surface area contributed by atoms with Gasteiger partial charge in [0.2, 0.25) is 5.91 Å². The molecule has 1 unspecified atom stereocenters. The van der Waals surface area contributed by atoms with Gasteiger partial charge in [0.15, 0.2) is 0 Å². The van der Waals surface area contributed by atoms with Gasteiger partial charge >= 0.3 is 0 Å². The van der Waals surface area contributed by atoms with E-state index in [4.69, 9.17) is 11.6 Å². The second-order valence-corrected chi connectivity index (χ2v) is 7.55. The minimum atomic E-state index is -0.341. The van der Waals surface area contributed by atoms with Crippen LogP contribution in [0.1, 0.15) is 44.1 Å². The van der Waals surface area contributed by atoms with Gasteiger partial charge in [0.1, 0.15) is 0 Å². The van der Waals surface area contributed by atoms with E-state index in [0.29, 0.717) is 11.8 Å². The summed E-state index contributed by atoms with van der Waals surface area (Å²) < 4.78 is 0. The number of carbonyl (C=O) groups excluding carboxylic acids is 1. The SMILES string of the molecule is CNCC1CCCN(C(=O)C2(c3cccc(Cl)c3)CCCC2)C1. The molecular weight excluding hydrogens is 308 g/mol. The zero-order chi connectivity index (χ0) is 16.3. The van der Waals surface area contributed by atoms with Crippen molar-refractivity contribution in [2.24, 2.45) is 5.92 Å². The average Bonchev–Trinajstić information content (AvgIpc) is 3.06. The molecule has 1 aromatic rings. The quantitative estimate of drug-likeness (QED) is 0.912. The zero-order valence-corrected chi connectivity index (χ0v) is 14.7. The Balaban J connectivity index is 1.84. The topological polar surface area (TPSA) is 32.3 Å². The summed E-state index contributed by atoms with van der Waals surface area (Å²) in [6, 6.07) is 7.96. The van der Waals surface area contributed by atoms with Gasteiger partial charge < -0.3 is 10.2 Å². The fourth-order valence-corrected chi connectivity index (χ4v) is 4.59. The number of amides is 1. The van der Waals surface area contributed by atoms with Crippen LogP contribution in [0.15, 0.2) is 24.3 Å². The van der Waals surface area contributed by atoms with E-state index in [2.05, 4.69) is 16.3 Å². The molecule has 1 aliphatic carbocycles. The minimum absolute atomic E-state index is 0.332. The molecule has 3 nitrogen and oxygen atoms in total. The van der Waals surface area contributed by atoms with Crippen LogP contribution in [0.5, 0.6) is 0 Å². The summed E-state index contributed by atoms with van der Waals surface area (Å²) in [5.74, 6) is 0.911. The number of halogens is 1. The van der Waals surface area contributed by atoms with E-state index in [1.165, 1.54) is 6.42 Å². The minimum Gasteiger partial charge on any atom is -0.342 e. The molecule has 0 radical (unpaired) electrons. The maximum absolute atomic E-state index is 13.4. The summed E-state index contributed by atoms with van der Waals surface area (Å²) in [5.41, 5.74) is 0.773.